The molecule has 0 radical (unpaired) electrons. The van der Waals surface area contributed by atoms with Gasteiger partial charge in [-0.25, -0.2) is 0 Å². The van der Waals surface area contributed by atoms with Crippen molar-refractivity contribution in [3.8, 4) is 0 Å². The van der Waals surface area contributed by atoms with Gasteiger partial charge < -0.3 is 14.0 Å². The molecule has 2 saturated carbocycles. The van der Waals surface area contributed by atoms with Crippen LogP contribution in [0.3, 0.4) is 0 Å². The Kier molecular flexibility index (Phi) is 6.81. The van der Waals surface area contributed by atoms with Gasteiger partial charge in [0.1, 0.15) is 0 Å². The number of ether oxygens (including phenoxy) is 2. The van der Waals surface area contributed by atoms with Gasteiger partial charge in [0.15, 0.2) is 0 Å². The topological polar surface area (TPSA) is 52.5 Å². The minimum absolute atomic E-state index is 0.0624. The van der Waals surface area contributed by atoms with E-state index in [9.17, 15) is 4.79 Å². The summed E-state index contributed by atoms with van der Waals surface area (Å²) in [4.78, 5) is 12.9. The molecule has 1 aliphatic heterocycles. The Morgan fingerprint density at radius 1 is 1.04 bits per heavy atom. The smallest absolute Gasteiger partial charge is 0.254 e. The Hall–Kier alpha value is -0.820. The summed E-state index contributed by atoms with van der Waals surface area (Å²) in [6.45, 7) is 3.47. The first kappa shape index (κ1) is 20.5. The van der Waals surface area contributed by atoms with Crippen LogP contribution < -0.4 is 10.3 Å². The fourth-order valence-electron chi connectivity index (χ4n) is 4.57. The molecule has 6 heteroatoms. The van der Waals surface area contributed by atoms with Crippen molar-refractivity contribution in [3.63, 3.8) is 0 Å². The maximum Gasteiger partial charge on any atom is 0.254 e. The van der Waals surface area contributed by atoms with E-state index in [0.717, 1.165) is 62.3 Å². The number of fused-ring (bicyclic) bond motifs is 1. The predicted octanol–water partition coefficient (Wildman–Crippen LogP) is 3.63. The van der Waals surface area contributed by atoms with Crippen LogP contribution in [0.2, 0.25) is 0 Å². The third-order valence-electron chi connectivity index (χ3n) is 6.56. The molecule has 1 aromatic heterocycles. The van der Waals surface area contributed by atoms with Crippen molar-refractivity contribution in [2.75, 3.05) is 19.5 Å². The second kappa shape index (κ2) is 9.33. The summed E-state index contributed by atoms with van der Waals surface area (Å²) in [5, 5.41) is 0. The quantitative estimate of drug-likeness (QED) is 0.668. The molecule has 0 saturated heterocycles. The fraction of sp³-hybridized carbons (Fsp3) is 0.773. The zero-order valence-corrected chi connectivity index (χ0v) is 18.0. The average molecular weight is 407 g/mol. The van der Waals surface area contributed by atoms with Crippen LogP contribution >= 0.6 is 11.9 Å². The van der Waals surface area contributed by atoms with Crippen LogP contribution in [0.4, 0.5) is 0 Å². The Balaban J connectivity index is 1.36. The van der Waals surface area contributed by atoms with E-state index >= 15 is 0 Å². The van der Waals surface area contributed by atoms with Crippen molar-refractivity contribution in [3.05, 3.63) is 33.7 Å². The van der Waals surface area contributed by atoms with Crippen LogP contribution in [0.25, 0.3) is 0 Å². The molecule has 5 nitrogen and oxygen atoms in total. The second-order valence-corrected chi connectivity index (χ2v) is 9.37. The molecule has 2 fully saturated rings. The van der Waals surface area contributed by atoms with Gasteiger partial charge in [0.25, 0.3) is 5.56 Å². The molecular weight excluding hydrogens is 372 g/mol. The van der Waals surface area contributed by atoms with Crippen molar-refractivity contribution in [1.82, 2.24) is 9.29 Å². The molecule has 2 heterocycles. The lowest BCUT2D eigenvalue weighted by Gasteiger charge is -2.37. The number of hydrogen-bond donors (Lipinski definition) is 1. The zero-order valence-electron chi connectivity index (χ0n) is 17.2. The van der Waals surface area contributed by atoms with Crippen molar-refractivity contribution in [2.45, 2.75) is 82.6 Å². The van der Waals surface area contributed by atoms with Gasteiger partial charge in [0.2, 0.25) is 0 Å². The van der Waals surface area contributed by atoms with Crippen LogP contribution in [0.1, 0.15) is 62.2 Å². The predicted molar refractivity (Wildman–Crippen MR) is 114 cm³/mol. The van der Waals surface area contributed by atoms with E-state index in [1.165, 1.54) is 12.8 Å². The monoisotopic (exact) mass is 406 g/mol. The van der Waals surface area contributed by atoms with Gasteiger partial charge >= 0.3 is 0 Å². The molecule has 0 spiro atoms. The first-order valence-corrected chi connectivity index (χ1v) is 12.1. The van der Waals surface area contributed by atoms with E-state index in [-0.39, 0.29) is 17.6 Å². The van der Waals surface area contributed by atoms with Gasteiger partial charge in [0, 0.05) is 23.9 Å². The molecule has 1 aromatic rings. The van der Waals surface area contributed by atoms with Gasteiger partial charge in [-0.2, -0.15) is 0 Å². The molecule has 1 N–H and O–H groups in total. The number of nitrogens with one attached hydrogen (secondary N) is 1. The van der Waals surface area contributed by atoms with Gasteiger partial charge in [-0.3, -0.25) is 9.52 Å². The summed E-state index contributed by atoms with van der Waals surface area (Å²) >= 11 is 1.63. The number of rotatable bonds is 8. The van der Waals surface area contributed by atoms with Crippen molar-refractivity contribution < 1.29 is 9.47 Å². The third kappa shape index (κ3) is 4.84. The largest absolute Gasteiger partial charge is 0.378 e. The maximum atomic E-state index is 12.9. The normalized spacial score (nSPS) is 30.2. The minimum Gasteiger partial charge on any atom is -0.378 e. The molecule has 2 unspecified atom stereocenters. The molecule has 0 bridgehead atoms. The van der Waals surface area contributed by atoms with E-state index in [2.05, 4.69) is 17.0 Å². The van der Waals surface area contributed by atoms with Crippen LogP contribution in [-0.2, 0) is 15.9 Å². The summed E-state index contributed by atoms with van der Waals surface area (Å²) in [7, 11) is 0. The molecule has 2 aliphatic carbocycles. The Morgan fingerprint density at radius 3 is 2.36 bits per heavy atom. The highest BCUT2D eigenvalue weighted by molar-refractivity contribution is 7.96. The molecule has 28 heavy (non-hydrogen) atoms. The van der Waals surface area contributed by atoms with E-state index in [0.29, 0.717) is 18.8 Å². The number of nitrogens with zero attached hydrogens (tertiary/aromatic N) is 1. The first-order valence-electron chi connectivity index (χ1n) is 10.9. The van der Waals surface area contributed by atoms with Crippen molar-refractivity contribution >= 4 is 11.9 Å². The molecule has 0 amide bonds. The summed E-state index contributed by atoms with van der Waals surface area (Å²) < 4.78 is 17.9. The SMILES string of the molecule is CSNC1CCc2ccc(C)c(=O)n2C1COC1CCC(OCC2CC2)CC1. The lowest BCUT2D eigenvalue weighted by atomic mass is 9.94. The number of pyridine rings is 1. The highest BCUT2D eigenvalue weighted by Crippen LogP contribution is 2.32. The molecule has 156 valence electrons. The Morgan fingerprint density at radius 2 is 1.71 bits per heavy atom. The fourth-order valence-corrected chi connectivity index (χ4v) is 5.15. The summed E-state index contributed by atoms with van der Waals surface area (Å²) in [5.41, 5.74) is 2.09. The summed E-state index contributed by atoms with van der Waals surface area (Å²) in [6, 6.07) is 4.39. The van der Waals surface area contributed by atoms with Gasteiger partial charge in [0.05, 0.1) is 24.9 Å². The lowest BCUT2D eigenvalue weighted by molar-refractivity contribution is -0.0441. The third-order valence-corrected chi connectivity index (χ3v) is 7.10. The number of hydrogen-bond acceptors (Lipinski definition) is 5. The number of aryl methyl sites for hydroxylation is 2. The summed E-state index contributed by atoms with van der Waals surface area (Å²) in [6.07, 6.45) is 11.8. The standard InChI is InChI=1S/C22H34N2O3S/c1-15-3-6-17-7-12-20(23-28-2)21(24(17)22(15)25)14-27-19-10-8-18(9-11-19)26-13-16-4-5-16/h3,6,16,18-21,23H,4-5,7-14H2,1-2H3. The van der Waals surface area contributed by atoms with Crippen LogP contribution in [0, 0.1) is 12.8 Å². The highest BCUT2D eigenvalue weighted by Gasteiger charge is 2.32. The second-order valence-electron chi connectivity index (χ2n) is 8.73. The maximum absolute atomic E-state index is 12.9. The molecule has 3 aliphatic rings. The highest BCUT2D eigenvalue weighted by atomic mass is 32.2. The van der Waals surface area contributed by atoms with E-state index in [1.807, 2.05) is 17.6 Å². The van der Waals surface area contributed by atoms with Gasteiger partial charge in [-0.1, -0.05) is 18.0 Å². The Bertz CT molecular complexity index is 710. The first-order chi connectivity index (χ1) is 13.7. The van der Waals surface area contributed by atoms with E-state index in [4.69, 9.17) is 9.47 Å². The van der Waals surface area contributed by atoms with E-state index in [1.54, 1.807) is 11.9 Å². The summed E-state index contributed by atoms with van der Waals surface area (Å²) in [5.74, 6) is 0.836. The zero-order chi connectivity index (χ0) is 19.5. The molecule has 0 aromatic carbocycles. The van der Waals surface area contributed by atoms with Crippen LogP contribution in [-0.4, -0.2) is 42.3 Å². The van der Waals surface area contributed by atoms with Crippen LogP contribution in [0.5, 0.6) is 0 Å². The van der Waals surface area contributed by atoms with Crippen molar-refractivity contribution in [1.29, 1.82) is 0 Å². The van der Waals surface area contributed by atoms with Crippen molar-refractivity contribution in [2.24, 2.45) is 5.92 Å². The molecule has 4 rings (SSSR count). The number of aromatic nitrogens is 1. The van der Waals surface area contributed by atoms with E-state index < -0.39 is 0 Å². The Labute approximate surface area is 172 Å². The minimum atomic E-state index is 0.0624. The van der Waals surface area contributed by atoms with Gasteiger partial charge in [-0.05, 0) is 76.5 Å². The lowest BCUT2D eigenvalue weighted by Crippen LogP contribution is -2.46. The average Bonchev–Trinajstić information content (AvgIpc) is 3.54. The molecular formula is C22H34N2O3S. The molecule has 2 atom stereocenters. The van der Waals surface area contributed by atoms with Crippen LogP contribution in [0.15, 0.2) is 16.9 Å². The van der Waals surface area contributed by atoms with Gasteiger partial charge in [-0.15, -0.1) is 0 Å².